The molecule has 0 aliphatic carbocycles. The number of benzene rings is 1. The highest BCUT2D eigenvalue weighted by molar-refractivity contribution is 9.10. The third-order valence-electron chi connectivity index (χ3n) is 2.15. The van der Waals surface area contributed by atoms with Gasteiger partial charge in [0.05, 0.1) is 12.7 Å². The topological polar surface area (TPSA) is 59.0 Å². The summed E-state index contributed by atoms with van der Waals surface area (Å²) in [5.74, 6) is 0.802. The van der Waals surface area contributed by atoms with Gasteiger partial charge in [0.15, 0.2) is 0 Å². The van der Waals surface area contributed by atoms with E-state index in [1.54, 1.807) is 0 Å². The Morgan fingerprint density at radius 3 is 2.94 bits per heavy atom. The lowest BCUT2D eigenvalue weighted by atomic mass is 10.1. The predicted molar refractivity (Wildman–Crippen MR) is 67.1 cm³/mol. The first kappa shape index (κ1) is 13.0. The Hall–Kier alpha value is -1.05. The van der Waals surface area contributed by atoms with E-state index >= 15 is 0 Å². The Labute approximate surface area is 104 Å². The van der Waals surface area contributed by atoms with Gasteiger partial charge in [0.2, 0.25) is 0 Å². The SMILES string of the molecule is C[C@H](N)c1cc(Br)ccc1OCCCC#N. The second kappa shape index (κ2) is 6.51. The molecule has 0 radical (unpaired) electrons. The lowest BCUT2D eigenvalue weighted by Crippen LogP contribution is -2.08. The highest BCUT2D eigenvalue weighted by Gasteiger charge is 2.08. The zero-order valence-corrected chi connectivity index (χ0v) is 10.8. The van der Waals surface area contributed by atoms with Gasteiger partial charge in [0.25, 0.3) is 0 Å². The van der Waals surface area contributed by atoms with Crippen molar-refractivity contribution in [3.8, 4) is 11.8 Å². The molecule has 1 aromatic carbocycles. The van der Waals surface area contributed by atoms with Crippen molar-refractivity contribution < 1.29 is 4.74 Å². The lowest BCUT2D eigenvalue weighted by molar-refractivity contribution is 0.308. The van der Waals surface area contributed by atoms with E-state index in [-0.39, 0.29) is 6.04 Å². The molecule has 0 aliphatic heterocycles. The molecule has 0 aliphatic rings. The summed E-state index contributed by atoms with van der Waals surface area (Å²) in [7, 11) is 0. The van der Waals surface area contributed by atoms with Gasteiger partial charge in [-0.05, 0) is 31.5 Å². The molecule has 0 spiro atoms. The Bertz CT molecular complexity index is 385. The van der Waals surface area contributed by atoms with E-state index in [9.17, 15) is 0 Å². The van der Waals surface area contributed by atoms with Crippen LogP contribution in [0.2, 0.25) is 0 Å². The monoisotopic (exact) mass is 282 g/mol. The van der Waals surface area contributed by atoms with Crippen molar-refractivity contribution in [3.63, 3.8) is 0 Å². The summed E-state index contributed by atoms with van der Waals surface area (Å²) in [5.41, 5.74) is 6.84. The van der Waals surface area contributed by atoms with Gasteiger partial charge >= 0.3 is 0 Å². The zero-order valence-electron chi connectivity index (χ0n) is 9.24. The van der Waals surface area contributed by atoms with Crippen LogP contribution in [-0.2, 0) is 0 Å². The quantitative estimate of drug-likeness (QED) is 0.844. The second-order valence-corrected chi connectivity index (χ2v) is 4.50. The van der Waals surface area contributed by atoms with Crippen LogP contribution in [0.4, 0.5) is 0 Å². The minimum absolute atomic E-state index is 0.0662. The number of hydrogen-bond acceptors (Lipinski definition) is 3. The van der Waals surface area contributed by atoms with Crippen LogP contribution < -0.4 is 10.5 Å². The van der Waals surface area contributed by atoms with Crippen LogP contribution in [0.25, 0.3) is 0 Å². The maximum Gasteiger partial charge on any atom is 0.124 e. The number of hydrogen-bond donors (Lipinski definition) is 1. The predicted octanol–water partition coefficient (Wildman–Crippen LogP) is 3.15. The molecular formula is C12H15BrN2O. The first-order chi connectivity index (χ1) is 7.65. The Morgan fingerprint density at radius 2 is 2.31 bits per heavy atom. The van der Waals surface area contributed by atoms with E-state index in [0.29, 0.717) is 13.0 Å². The number of ether oxygens (including phenoxy) is 1. The molecule has 0 unspecified atom stereocenters. The average Bonchev–Trinajstić information content (AvgIpc) is 2.26. The first-order valence-electron chi connectivity index (χ1n) is 5.20. The minimum atomic E-state index is -0.0662. The smallest absolute Gasteiger partial charge is 0.124 e. The molecule has 0 saturated carbocycles. The first-order valence-corrected chi connectivity index (χ1v) is 5.99. The van der Waals surface area contributed by atoms with Crippen LogP contribution in [0.3, 0.4) is 0 Å². The van der Waals surface area contributed by atoms with Crippen LogP contribution in [0.1, 0.15) is 31.4 Å². The van der Waals surface area contributed by atoms with Gasteiger partial charge in [0.1, 0.15) is 5.75 Å². The molecule has 16 heavy (non-hydrogen) atoms. The fourth-order valence-corrected chi connectivity index (χ4v) is 1.72. The maximum atomic E-state index is 8.41. The number of nitrogens with two attached hydrogens (primary N) is 1. The van der Waals surface area contributed by atoms with E-state index in [1.165, 1.54) is 0 Å². The van der Waals surface area contributed by atoms with E-state index in [2.05, 4.69) is 22.0 Å². The van der Waals surface area contributed by atoms with Crippen molar-refractivity contribution in [1.29, 1.82) is 5.26 Å². The molecule has 0 heterocycles. The number of nitrogens with zero attached hydrogens (tertiary/aromatic N) is 1. The summed E-state index contributed by atoms with van der Waals surface area (Å²) < 4.78 is 6.59. The number of nitriles is 1. The highest BCUT2D eigenvalue weighted by Crippen LogP contribution is 2.27. The highest BCUT2D eigenvalue weighted by atomic mass is 79.9. The third-order valence-corrected chi connectivity index (χ3v) is 2.65. The van der Waals surface area contributed by atoms with Crippen LogP contribution in [-0.4, -0.2) is 6.61 Å². The molecular weight excluding hydrogens is 268 g/mol. The van der Waals surface area contributed by atoms with E-state index in [1.807, 2.05) is 25.1 Å². The largest absolute Gasteiger partial charge is 0.493 e. The normalized spacial score (nSPS) is 11.9. The molecule has 0 amide bonds. The molecule has 3 nitrogen and oxygen atoms in total. The van der Waals surface area contributed by atoms with Gasteiger partial charge in [-0.15, -0.1) is 0 Å². The number of unbranched alkanes of at least 4 members (excludes halogenated alkanes) is 1. The summed E-state index contributed by atoms with van der Waals surface area (Å²) in [6.07, 6.45) is 1.26. The number of rotatable bonds is 5. The summed E-state index contributed by atoms with van der Waals surface area (Å²) in [5, 5.41) is 8.41. The number of halogens is 1. The molecule has 4 heteroatoms. The standard InChI is InChI=1S/C12H15BrN2O/c1-9(15)11-8-10(13)4-5-12(11)16-7-3-2-6-14/h4-5,8-9H,2-3,7,15H2,1H3/t9-/m0/s1. The summed E-state index contributed by atoms with van der Waals surface area (Å²) >= 11 is 3.40. The van der Waals surface area contributed by atoms with Gasteiger partial charge in [-0.25, -0.2) is 0 Å². The summed E-state index contributed by atoms with van der Waals surface area (Å²) in [6, 6.07) is 7.80. The van der Waals surface area contributed by atoms with Gasteiger partial charge in [-0.3, -0.25) is 0 Å². The lowest BCUT2D eigenvalue weighted by Gasteiger charge is -2.14. The molecule has 0 saturated heterocycles. The van der Waals surface area contributed by atoms with Crippen molar-refractivity contribution in [2.24, 2.45) is 5.73 Å². The van der Waals surface area contributed by atoms with Gasteiger partial charge in [-0.2, -0.15) is 5.26 Å². The van der Waals surface area contributed by atoms with Crippen LogP contribution in [0, 0.1) is 11.3 Å². The zero-order chi connectivity index (χ0) is 12.0. The minimum Gasteiger partial charge on any atom is -0.493 e. The Morgan fingerprint density at radius 1 is 1.56 bits per heavy atom. The van der Waals surface area contributed by atoms with Crippen LogP contribution >= 0.6 is 15.9 Å². The molecule has 86 valence electrons. The summed E-state index contributed by atoms with van der Waals surface area (Å²) in [6.45, 7) is 2.47. The fraction of sp³-hybridized carbons (Fsp3) is 0.417. The Kier molecular flexibility index (Phi) is 5.30. The molecule has 0 bridgehead atoms. The van der Waals surface area contributed by atoms with Crippen LogP contribution in [0.5, 0.6) is 5.75 Å². The Balaban J connectivity index is 2.68. The van der Waals surface area contributed by atoms with Gasteiger partial charge in [0, 0.05) is 22.5 Å². The fourth-order valence-electron chi connectivity index (χ4n) is 1.34. The van der Waals surface area contributed by atoms with Crippen molar-refractivity contribution in [2.45, 2.75) is 25.8 Å². The van der Waals surface area contributed by atoms with Gasteiger partial charge in [-0.1, -0.05) is 15.9 Å². The van der Waals surface area contributed by atoms with Gasteiger partial charge < -0.3 is 10.5 Å². The molecule has 0 fully saturated rings. The molecule has 2 N–H and O–H groups in total. The van der Waals surface area contributed by atoms with Crippen molar-refractivity contribution in [2.75, 3.05) is 6.61 Å². The van der Waals surface area contributed by atoms with Crippen molar-refractivity contribution in [3.05, 3.63) is 28.2 Å². The van der Waals surface area contributed by atoms with Crippen LogP contribution in [0.15, 0.2) is 22.7 Å². The average molecular weight is 283 g/mol. The van der Waals surface area contributed by atoms with Crippen molar-refractivity contribution >= 4 is 15.9 Å². The van der Waals surface area contributed by atoms with E-state index < -0.39 is 0 Å². The summed E-state index contributed by atoms with van der Waals surface area (Å²) in [4.78, 5) is 0. The van der Waals surface area contributed by atoms with E-state index in [4.69, 9.17) is 15.7 Å². The molecule has 0 aromatic heterocycles. The third kappa shape index (κ3) is 3.84. The maximum absolute atomic E-state index is 8.41. The van der Waals surface area contributed by atoms with E-state index in [0.717, 1.165) is 22.2 Å². The molecule has 1 rings (SSSR count). The second-order valence-electron chi connectivity index (χ2n) is 3.58. The molecule has 1 aromatic rings. The molecule has 1 atom stereocenters. The van der Waals surface area contributed by atoms with Crippen molar-refractivity contribution in [1.82, 2.24) is 0 Å².